The summed E-state index contributed by atoms with van der Waals surface area (Å²) < 4.78 is 11.3. The third-order valence-electron chi connectivity index (χ3n) is 4.85. The molecule has 2 aromatic rings. The Morgan fingerprint density at radius 2 is 1.59 bits per heavy atom. The van der Waals surface area contributed by atoms with Crippen LogP contribution in [0.5, 0.6) is 11.5 Å². The number of rotatable bonds is 11. The van der Waals surface area contributed by atoms with Gasteiger partial charge >= 0.3 is 0 Å². The molecule has 1 amide bonds. The van der Waals surface area contributed by atoms with Crippen molar-refractivity contribution in [1.29, 1.82) is 0 Å². The molecule has 0 aliphatic heterocycles. The van der Waals surface area contributed by atoms with Gasteiger partial charge in [0.1, 0.15) is 18.1 Å². The number of benzene rings is 2. The number of nitrogens with one attached hydrogen (secondary N) is 3. The number of ether oxygens (including phenoxy) is 2. The topological polar surface area (TPSA) is 84.0 Å². The summed E-state index contributed by atoms with van der Waals surface area (Å²) in [4.78, 5) is 15.9. The van der Waals surface area contributed by atoms with Crippen LogP contribution in [0.25, 0.3) is 0 Å². The first-order chi connectivity index (χ1) is 15.1. The quantitative estimate of drug-likeness (QED) is 0.173. The fourth-order valence-corrected chi connectivity index (χ4v) is 2.92. The Morgan fingerprint density at radius 3 is 2.25 bits per heavy atom. The van der Waals surface area contributed by atoms with Crippen LogP contribution in [-0.2, 0) is 11.2 Å². The number of carbonyl (C=O) groups excluding carboxylic acids is 1. The zero-order valence-corrected chi connectivity index (χ0v) is 21.1. The highest BCUT2D eigenvalue weighted by molar-refractivity contribution is 14.0. The summed E-state index contributed by atoms with van der Waals surface area (Å²) in [5.41, 5.74) is 2.40. The van der Waals surface area contributed by atoms with Crippen molar-refractivity contribution >= 4 is 35.8 Å². The summed E-state index contributed by atoms with van der Waals surface area (Å²) in [5.74, 6) is 2.26. The zero-order chi connectivity index (χ0) is 21.9. The Kier molecular flexibility index (Phi) is 11.1. The van der Waals surface area contributed by atoms with Crippen LogP contribution in [0.3, 0.4) is 0 Å². The minimum atomic E-state index is -0.0566. The van der Waals surface area contributed by atoms with Gasteiger partial charge in [0.05, 0.1) is 6.54 Å². The molecule has 0 unspecified atom stereocenters. The lowest BCUT2D eigenvalue weighted by atomic mass is 10.1. The Morgan fingerprint density at radius 1 is 0.969 bits per heavy atom. The largest absolute Gasteiger partial charge is 0.492 e. The molecule has 0 heterocycles. The highest BCUT2D eigenvalue weighted by Gasteiger charge is 2.23. The number of hydrogen-bond donors (Lipinski definition) is 3. The summed E-state index contributed by atoms with van der Waals surface area (Å²) in [7, 11) is 1.75. The van der Waals surface area contributed by atoms with Gasteiger partial charge in [-0.2, -0.15) is 0 Å². The molecule has 0 radical (unpaired) electrons. The third-order valence-corrected chi connectivity index (χ3v) is 4.85. The molecule has 1 aliphatic rings. The Labute approximate surface area is 207 Å². The molecule has 2 aromatic carbocycles. The number of aryl methyl sites for hydroxylation is 1. The van der Waals surface area contributed by atoms with Gasteiger partial charge in [-0.05, 0) is 56.0 Å². The van der Waals surface area contributed by atoms with Gasteiger partial charge in [0.2, 0.25) is 0 Å². The summed E-state index contributed by atoms with van der Waals surface area (Å²) >= 11 is 0. The van der Waals surface area contributed by atoms with Crippen molar-refractivity contribution in [1.82, 2.24) is 16.0 Å². The number of guanidine groups is 1. The molecule has 0 saturated heterocycles. The predicted molar refractivity (Wildman–Crippen MR) is 138 cm³/mol. The fourth-order valence-electron chi connectivity index (χ4n) is 2.92. The molecule has 7 nitrogen and oxygen atoms in total. The van der Waals surface area contributed by atoms with E-state index < -0.39 is 0 Å². The van der Waals surface area contributed by atoms with Gasteiger partial charge in [0.25, 0.3) is 5.91 Å². The van der Waals surface area contributed by atoms with Gasteiger partial charge in [-0.3, -0.25) is 9.79 Å². The van der Waals surface area contributed by atoms with Crippen molar-refractivity contribution in [2.24, 2.45) is 4.99 Å². The van der Waals surface area contributed by atoms with Crippen molar-refractivity contribution in [3.63, 3.8) is 0 Å². The van der Waals surface area contributed by atoms with E-state index in [-0.39, 0.29) is 36.5 Å². The summed E-state index contributed by atoms with van der Waals surface area (Å²) in [6, 6.07) is 16.2. The molecule has 3 rings (SSSR count). The molecule has 1 aliphatic carbocycles. The first-order valence-electron chi connectivity index (χ1n) is 10.8. The first-order valence-corrected chi connectivity index (χ1v) is 10.8. The van der Waals surface area contributed by atoms with E-state index in [1.165, 1.54) is 11.1 Å². The predicted octanol–water partition coefficient (Wildman–Crippen LogP) is 3.06. The molecule has 1 fully saturated rings. The smallest absolute Gasteiger partial charge is 0.258 e. The summed E-state index contributed by atoms with van der Waals surface area (Å²) in [6.45, 7) is 4.09. The minimum absolute atomic E-state index is 0. The summed E-state index contributed by atoms with van der Waals surface area (Å²) in [5, 5.41) is 9.46. The second kappa shape index (κ2) is 13.8. The number of nitrogens with zero attached hydrogens (tertiary/aromatic N) is 1. The fraction of sp³-hybridized carbons (Fsp3) is 0.417. The maximum atomic E-state index is 11.7. The Balaban J connectivity index is 0.00000363. The normalized spacial score (nSPS) is 13.0. The molecular weight excluding hydrogens is 519 g/mol. The van der Waals surface area contributed by atoms with E-state index in [2.05, 4.69) is 27.9 Å². The molecule has 8 heteroatoms. The van der Waals surface area contributed by atoms with Gasteiger partial charge in [0.15, 0.2) is 12.6 Å². The first kappa shape index (κ1) is 25.8. The van der Waals surface area contributed by atoms with E-state index in [1.54, 1.807) is 7.05 Å². The number of halogens is 1. The van der Waals surface area contributed by atoms with Crippen molar-refractivity contribution in [3.8, 4) is 11.5 Å². The van der Waals surface area contributed by atoms with Crippen molar-refractivity contribution in [2.45, 2.75) is 32.2 Å². The lowest BCUT2D eigenvalue weighted by Crippen LogP contribution is -2.40. The molecule has 1 saturated carbocycles. The SMILES string of the molecule is CN=C(NCCOc1ccc(C)cc1)NCCc1ccc(OCC(=O)NC2CC2)cc1.I. The zero-order valence-electron chi connectivity index (χ0n) is 18.7. The van der Waals surface area contributed by atoms with Crippen molar-refractivity contribution < 1.29 is 14.3 Å². The molecule has 0 spiro atoms. The maximum Gasteiger partial charge on any atom is 0.258 e. The highest BCUT2D eigenvalue weighted by atomic mass is 127. The van der Waals surface area contributed by atoms with Crippen LogP contribution in [0.15, 0.2) is 53.5 Å². The standard InChI is InChI=1S/C24H32N4O3.HI/c1-18-3-9-21(10-4-18)30-16-15-27-24(25-2)26-14-13-19-5-11-22(12-6-19)31-17-23(29)28-20-7-8-20;/h3-6,9-12,20H,7-8,13-17H2,1-2H3,(H,28,29)(H2,25,26,27);1H. The average molecular weight is 552 g/mol. The van der Waals surface area contributed by atoms with E-state index in [1.807, 2.05) is 48.5 Å². The van der Waals surface area contributed by atoms with Gasteiger partial charge < -0.3 is 25.4 Å². The van der Waals surface area contributed by atoms with E-state index in [0.29, 0.717) is 24.9 Å². The Bertz CT molecular complexity index is 853. The lowest BCUT2D eigenvalue weighted by Gasteiger charge is -2.13. The highest BCUT2D eigenvalue weighted by Crippen LogP contribution is 2.18. The van der Waals surface area contributed by atoms with Gasteiger partial charge in [-0.25, -0.2) is 0 Å². The molecule has 32 heavy (non-hydrogen) atoms. The van der Waals surface area contributed by atoms with E-state index in [0.717, 1.165) is 37.5 Å². The molecular formula is C24H33IN4O3. The third kappa shape index (κ3) is 9.76. The molecule has 0 aromatic heterocycles. The number of amides is 1. The number of carbonyl (C=O) groups is 1. The average Bonchev–Trinajstić information content (AvgIpc) is 3.60. The second-order valence-electron chi connectivity index (χ2n) is 7.61. The second-order valence-corrected chi connectivity index (χ2v) is 7.61. The van der Waals surface area contributed by atoms with E-state index in [4.69, 9.17) is 9.47 Å². The molecule has 0 bridgehead atoms. The van der Waals surface area contributed by atoms with E-state index >= 15 is 0 Å². The van der Waals surface area contributed by atoms with E-state index in [9.17, 15) is 4.79 Å². The maximum absolute atomic E-state index is 11.7. The summed E-state index contributed by atoms with van der Waals surface area (Å²) in [6.07, 6.45) is 3.01. The van der Waals surface area contributed by atoms with Crippen molar-refractivity contribution in [2.75, 3.05) is 33.4 Å². The molecule has 174 valence electrons. The van der Waals surface area contributed by atoms with Crippen LogP contribution in [0.2, 0.25) is 0 Å². The minimum Gasteiger partial charge on any atom is -0.492 e. The van der Waals surface area contributed by atoms with Crippen molar-refractivity contribution in [3.05, 3.63) is 59.7 Å². The monoisotopic (exact) mass is 552 g/mol. The van der Waals surface area contributed by atoms with Gasteiger partial charge in [0, 0.05) is 19.6 Å². The van der Waals surface area contributed by atoms with Crippen LogP contribution in [0.4, 0.5) is 0 Å². The molecule has 3 N–H and O–H groups in total. The number of aliphatic imine (C=N–C) groups is 1. The Hall–Kier alpha value is -2.49. The van der Waals surface area contributed by atoms with Crippen LogP contribution in [-0.4, -0.2) is 51.3 Å². The van der Waals surface area contributed by atoms with Crippen LogP contribution < -0.4 is 25.4 Å². The van der Waals surface area contributed by atoms with Gasteiger partial charge in [-0.1, -0.05) is 29.8 Å². The van der Waals surface area contributed by atoms with Crippen LogP contribution in [0, 0.1) is 6.92 Å². The van der Waals surface area contributed by atoms with Crippen LogP contribution >= 0.6 is 24.0 Å². The van der Waals surface area contributed by atoms with Gasteiger partial charge in [-0.15, -0.1) is 24.0 Å². The van der Waals surface area contributed by atoms with Crippen LogP contribution in [0.1, 0.15) is 24.0 Å². The molecule has 0 atom stereocenters. The lowest BCUT2D eigenvalue weighted by molar-refractivity contribution is -0.123. The number of hydrogen-bond acceptors (Lipinski definition) is 4.